The molecule has 0 radical (unpaired) electrons. The maximum Gasteiger partial charge on any atom is 0.262 e. The van der Waals surface area contributed by atoms with Crippen LogP contribution in [0.4, 0.5) is 0 Å². The molecule has 1 aliphatic rings. The quantitative estimate of drug-likeness (QED) is 0.865. The van der Waals surface area contributed by atoms with Gasteiger partial charge in [0.15, 0.2) is 6.10 Å². The summed E-state index contributed by atoms with van der Waals surface area (Å²) in [7, 11) is 0. The number of carbonyl (C=O) groups excluding carboxylic acids is 2. The zero-order valence-corrected chi connectivity index (χ0v) is 13.2. The first-order chi connectivity index (χ1) is 11.0. The van der Waals surface area contributed by atoms with Crippen LogP contribution in [0.3, 0.4) is 0 Å². The Morgan fingerprint density at radius 1 is 1.26 bits per heavy atom. The van der Waals surface area contributed by atoms with Crippen molar-refractivity contribution in [2.75, 3.05) is 0 Å². The predicted molar refractivity (Wildman–Crippen MR) is 84.6 cm³/mol. The number of hydrogen-bond acceptors (Lipinski definition) is 4. The number of nitrogens with zero attached hydrogens (tertiary/aromatic N) is 1. The van der Waals surface area contributed by atoms with Crippen LogP contribution in [0, 0.1) is 11.3 Å². The van der Waals surface area contributed by atoms with E-state index in [4.69, 9.17) is 10.5 Å². The number of benzene rings is 1. The average Bonchev–Trinajstić information content (AvgIpc) is 2.56. The molecule has 23 heavy (non-hydrogen) atoms. The summed E-state index contributed by atoms with van der Waals surface area (Å²) in [6, 6.07) is 8.51. The minimum absolute atomic E-state index is 0.313. The number of nitrogens with one attached hydrogen (secondary N) is 1. The normalized spacial score (nSPS) is 17.6. The van der Waals surface area contributed by atoms with Crippen LogP contribution >= 0.6 is 0 Å². The average molecular weight is 315 g/mol. The lowest BCUT2D eigenvalue weighted by atomic mass is 9.83. The van der Waals surface area contributed by atoms with Crippen LogP contribution in [0.5, 0.6) is 5.75 Å². The van der Waals surface area contributed by atoms with Crippen molar-refractivity contribution in [3.8, 4) is 11.8 Å². The molecule has 0 aromatic heterocycles. The van der Waals surface area contributed by atoms with E-state index in [0.717, 1.165) is 19.3 Å². The highest BCUT2D eigenvalue weighted by molar-refractivity contribution is 5.92. The molecule has 0 spiro atoms. The number of nitriles is 1. The van der Waals surface area contributed by atoms with Gasteiger partial charge in [-0.05, 0) is 44.0 Å². The summed E-state index contributed by atoms with van der Waals surface area (Å²) in [4.78, 5) is 23.3. The first kappa shape index (κ1) is 16.8. The van der Waals surface area contributed by atoms with Crippen molar-refractivity contribution in [3.05, 3.63) is 29.8 Å². The van der Waals surface area contributed by atoms with E-state index in [1.54, 1.807) is 31.2 Å². The molecular weight excluding hydrogens is 294 g/mol. The van der Waals surface area contributed by atoms with Crippen molar-refractivity contribution in [1.29, 1.82) is 5.26 Å². The van der Waals surface area contributed by atoms with E-state index in [9.17, 15) is 14.9 Å². The highest BCUT2D eigenvalue weighted by Crippen LogP contribution is 2.27. The van der Waals surface area contributed by atoms with E-state index in [-0.39, 0.29) is 5.91 Å². The number of carbonyl (C=O) groups is 2. The van der Waals surface area contributed by atoms with Gasteiger partial charge in [0.2, 0.25) is 5.91 Å². The zero-order chi connectivity index (χ0) is 16.9. The number of hydrogen-bond donors (Lipinski definition) is 2. The van der Waals surface area contributed by atoms with Gasteiger partial charge in [-0.15, -0.1) is 0 Å². The van der Waals surface area contributed by atoms with Crippen LogP contribution in [-0.4, -0.2) is 23.5 Å². The number of amides is 2. The Kier molecular flexibility index (Phi) is 5.22. The smallest absolute Gasteiger partial charge is 0.262 e. The van der Waals surface area contributed by atoms with E-state index < -0.39 is 17.6 Å². The van der Waals surface area contributed by atoms with Gasteiger partial charge in [-0.2, -0.15) is 5.26 Å². The Balaban J connectivity index is 1.96. The number of rotatable bonds is 5. The third kappa shape index (κ3) is 4.22. The van der Waals surface area contributed by atoms with E-state index in [1.807, 2.05) is 0 Å². The molecule has 1 aromatic carbocycles. The summed E-state index contributed by atoms with van der Waals surface area (Å²) in [6.45, 7) is 1.63. The molecule has 0 saturated heterocycles. The Morgan fingerprint density at radius 2 is 1.87 bits per heavy atom. The molecule has 1 aromatic rings. The van der Waals surface area contributed by atoms with Gasteiger partial charge in [-0.25, -0.2) is 0 Å². The molecule has 6 nitrogen and oxygen atoms in total. The maximum absolute atomic E-state index is 12.3. The summed E-state index contributed by atoms with van der Waals surface area (Å²) in [6.07, 6.45) is 3.60. The number of ether oxygens (including phenoxy) is 1. The molecule has 2 amide bonds. The molecule has 1 aliphatic carbocycles. The minimum atomic E-state index is -0.775. The summed E-state index contributed by atoms with van der Waals surface area (Å²) < 4.78 is 5.57. The van der Waals surface area contributed by atoms with Gasteiger partial charge in [-0.1, -0.05) is 19.3 Å². The first-order valence-corrected chi connectivity index (χ1v) is 7.75. The summed E-state index contributed by atoms with van der Waals surface area (Å²) in [5.41, 5.74) is 4.77. The lowest BCUT2D eigenvalue weighted by molar-refractivity contribution is -0.129. The highest BCUT2D eigenvalue weighted by atomic mass is 16.5. The number of primary amides is 1. The second-order valence-electron chi connectivity index (χ2n) is 5.89. The lowest BCUT2D eigenvalue weighted by Gasteiger charge is -2.32. The summed E-state index contributed by atoms with van der Waals surface area (Å²) in [5, 5.41) is 12.2. The molecular formula is C17H21N3O3. The molecule has 1 atom stereocenters. The largest absolute Gasteiger partial charge is 0.481 e. The van der Waals surface area contributed by atoms with Crippen molar-refractivity contribution in [1.82, 2.24) is 5.32 Å². The van der Waals surface area contributed by atoms with Crippen LogP contribution in [-0.2, 0) is 4.79 Å². The van der Waals surface area contributed by atoms with Crippen molar-refractivity contribution in [2.24, 2.45) is 5.73 Å². The molecule has 3 N–H and O–H groups in total. The van der Waals surface area contributed by atoms with Crippen LogP contribution in [0.1, 0.15) is 49.4 Å². The fraction of sp³-hybridized carbons (Fsp3) is 0.471. The molecule has 2 rings (SSSR count). The predicted octanol–water partition coefficient (Wildman–Crippen LogP) is 1.90. The van der Waals surface area contributed by atoms with E-state index in [2.05, 4.69) is 11.4 Å². The van der Waals surface area contributed by atoms with E-state index in [1.165, 1.54) is 0 Å². The molecule has 122 valence electrons. The molecule has 1 fully saturated rings. The zero-order valence-electron chi connectivity index (χ0n) is 13.2. The first-order valence-electron chi connectivity index (χ1n) is 7.75. The molecule has 0 heterocycles. The van der Waals surface area contributed by atoms with Crippen molar-refractivity contribution >= 4 is 11.8 Å². The van der Waals surface area contributed by atoms with Crippen LogP contribution in [0.15, 0.2) is 24.3 Å². The van der Waals surface area contributed by atoms with E-state index >= 15 is 0 Å². The van der Waals surface area contributed by atoms with Gasteiger partial charge in [-0.3, -0.25) is 9.59 Å². The monoisotopic (exact) mass is 315 g/mol. The second-order valence-corrected chi connectivity index (χ2v) is 5.89. The van der Waals surface area contributed by atoms with Gasteiger partial charge < -0.3 is 15.8 Å². The van der Waals surface area contributed by atoms with Crippen molar-refractivity contribution in [3.63, 3.8) is 0 Å². The van der Waals surface area contributed by atoms with Gasteiger partial charge in [0, 0.05) is 5.56 Å². The van der Waals surface area contributed by atoms with Crippen LogP contribution in [0.25, 0.3) is 0 Å². The maximum atomic E-state index is 12.3. The minimum Gasteiger partial charge on any atom is -0.481 e. The van der Waals surface area contributed by atoms with Crippen molar-refractivity contribution < 1.29 is 14.3 Å². The topological polar surface area (TPSA) is 105 Å². The van der Waals surface area contributed by atoms with Crippen molar-refractivity contribution in [2.45, 2.75) is 50.7 Å². The molecule has 0 bridgehead atoms. The fourth-order valence-electron chi connectivity index (χ4n) is 2.71. The Hall–Kier alpha value is -2.55. The highest BCUT2D eigenvalue weighted by Gasteiger charge is 2.35. The molecule has 1 saturated carbocycles. The fourth-order valence-corrected chi connectivity index (χ4v) is 2.71. The standard InChI is InChI=1S/C17H21N3O3/c1-12(23-14-7-5-13(6-8-14)15(19)21)16(22)20-17(11-18)9-3-2-4-10-17/h5-8,12H,2-4,9-10H2,1H3,(H2,19,21)(H,20,22)/t12-/m1/s1. The molecule has 6 heteroatoms. The van der Waals surface area contributed by atoms with Gasteiger partial charge in [0.1, 0.15) is 11.3 Å². The van der Waals surface area contributed by atoms with Gasteiger partial charge in [0.05, 0.1) is 6.07 Å². The Morgan fingerprint density at radius 3 is 2.39 bits per heavy atom. The van der Waals surface area contributed by atoms with Gasteiger partial charge >= 0.3 is 0 Å². The van der Waals surface area contributed by atoms with Crippen LogP contribution < -0.4 is 15.8 Å². The molecule has 0 unspecified atom stereocenters. The SMILES string of the molecule is C[C@@H](Oc1ccc(C(N)=O)cc1)C(=O)NC1(C#N)CCCCC1. The summed E-state index contributed by atoms with van der Waals surface area (Å²) >= 11 is 0. The Bertz CT molecular complexity index is 613. The molecule has 0 aliphatic heterocycles. The van der Waals surface area contributed by atoms with E-state index in [0.29, 0.717) is 24.2 Å². The number of nitrogens with two attached hydrogens (primary N) is 1. The second kappa shape index (κ2) is 7.14. The Labute approximate surface area is 135 Å². The third-order valence-electron chi connectivity index (χ3n) is 4.10. The van der Waals surface area contributed by atoms with Crippen LogP contribution in [0.2, 0.25) is 0 Å². The summed E-state index contributed by atoms with van der Waals surface area (Å²) in [5.74, 6) is -0.365. The third-order valence-corrected chi connectivity index (χ3v) is 4.10. The lowest BCUT2D eigenvalue weighted by Crippen LogP contribution is -2.52. The van der Waals surface area contributed by atoms with Gasteiger partial charge in [0.25, 0.3) is 5.91 Å².